The van der Waals surface area contributed by atoms with Crippen LogP contribution in [0.2, 0.25) is 0 Å². The minimum Gasteiger partial charge on any atom is -0.311 e. The van der Waals surface area contributed by atoms with Crippen LogP contribution in [0.25, 0.3) is 0 Å². The van der Waals surface area contributed by atoms with Gasteiger partial charge >= 0.3 is 0 Å². The summed E-state index contributed by atoms with van der Waals surface area (Å²) in [5.41, 5.74) is 0. The molecule has 3 rings (SSSR count). The first kappa shape index (κ1) is 16.8. The van der Waals surface area contributed by atoms with Crippen LogP contribution in [0.1, 0.15) is 96.3 Å². The highest BCUT2D eigenvalue weighted by molar-refractivity contribution is 4.90. The third-order valence-corrected chi connectivity index (χ3v) is 6.67. The molecule has 2 heteroatoms. The highest BCUT2D eigenvalue weighted by Gasteiger charge is 2.31. The van der Waals surface area contributed by atoms with Gasteiger partial charge in [-0.3, -0.25) is 0 Å². The molecule has 2 saturated carbocycles. The van der Waals surface area contributed by atoms with Crippen molar-refractivity contribution in [1.82, 2.24) is 10.2 Å². The van der Waals surface area contributed by atoms with Gasteiger partial charge in [0, 0.05) is 24.2 Å². The van der Waals surface area contributed by atoms with E-state index in [1.165, 1.54) is 96.3 Å². The maximum atomic E-state index is 4.12. The molecule has 22 heavy (non-hydrogen) atoms. The summed E-state index contributed by atoms with van der Waals surface area (Å²) in [5.74, 6) is 0. The van der Waals surface area contributed by atoms with E-state index < -0.39 is 0 Å². The first-order chi connectivity index (χ1) is 10.8. The van der Waals surface area contributed by atoms with Crippen LogP contribution in [0.3, 0.4) is 0 Å². The Morgan fingerprint density at radius 1 is 0.591 bits per heavy atom. The minimum atomic E-state index is 0.789. The van der Waals surface area contributed by atoms with Gasteiger partial charge in [-0.1, -0.05) is 57.8 Å². The van der Waals surface area contributed by atoms with E-state index >= 15 is 0 Å². The molecular formula is C20H38N2. The largest absolute Gasteiger partial charge is 0.311 e. The average molecular weight is 307 g/mol. The molecule has 1 heterocycles. The number of hydrogen-bond acceptors (Lipinski definition) is 2. The molecule has 0 aromatic carbocycles. The van der Waals surface area contributed by atoms with E-state index in [9.17, 15) is 0 Å². The number of hydrogen-bond donors (Lipinski definition) is 1. The second-order valence-electron chi connectivity index (χ2n) is 8.34. The highest BCUT2D eigenvalue weighted by atomic mass is 15.2. The van der Waals surface area contributed by atoms with Crippen molar-refractivity contribution < 1.29 is 0 Å². The van der Waals surface area contributed by atoms with Gasteiger partial charge in [-0.2, -0.15) is 0 Å². The number of fused-ring (bicyclic) bond motifs is 4. The van der Waals surface area contributed by atoms with E-state index in [1.807, 2.05) is 0 Å². The molecule has 4 atom stereocenters. The Bertz CT molecular complexity index is 317. The Balaban J connectivity index is 1.74. The van der Waals surface area contributed by atoms with Crippen LogP contribution in [0, 0.1) is 0 Å². The average Bonchev–Trinajstić information content (AvgIpc) is 2.64. The predicted octanol–water partition coefficient (Wildman–Crippen LogP) is 4.87. The minimum absolute atomic E-state index is 0.789. The van der Waals surface area contributed by atoms with Crippen LogP contribution in [0.4, 0.5) is 0 Å². The lowest BCUT2D eigenvalue weighted by molar-refractivity contribution is 0.0940. The molecule has 4 unspecified atom stereocenters. The summed E-state index contributed by atoms with van der Waals surface area (Å²) >= 11 is 0. The van der Waals surface area contributed by atoms with Gasteiger partial charge in [0.1, 0.15) is 0 Å². The van der Waals surface area contributed by atoms with E-state index in [1.54, 1.807) is 0 Å². The van der Waals surface area contributed by atoms with Crippen LogP contribution in [0.5, 0.6) is 0 Å². The van der Waals surface area contributed by atoms with Gasteiger partial charge in [0.25, 0.3) is 0 Å². The van der Waals surface area contributed by atoms with Gasteiger partial charge in [0.2, 0.25) is 0 Å². The second-order valence-corrected chi connectivity index (χ2v) is 8.34. The van der Waals surface area contributed by atoms with E-state index in [2.05, 4.69) is 17.3 Å². The molecule has 128 valence electrons. The molecular weight excluding hydrogens is 268 g/mol. The van der Waals surface area contributed by atoms with Gasteiger partial charge in [0.15, 0.2) is 0 Å². The summed E-state index contributed by atoms with van der Waals surface area (Å²) in [7, 11) is 2.46. The lowest BCUT2D eigenvalue weighted by Crippen LogP contribution is -2.52. The van der Waals surface area contributed by atoms with Crippen molar-refractivity contribution >= 4 is 0 Å². The molecule has 1 saturated heterocycles. The Morgan fingerprint density at radius 3 is 1.50 bits per heavy atom. The molecule has 1 aliphatic heterocycles. The standard InChI is InChI=1S/C20H38N2/c1-22-19-13-9-4-2-3-7-11-17(15-19)21-18-12-8-5-6-10-14-20(22)16-18/h17-21H,2-16H2,1H3. The zero-order valence-corrected chi connectivity index (χ0v) is 14.9. The van der Waals surface area contributed by atoms with Crippen LogP contribution in [-0.4, -0.2) is 36.1 Å². The summed E-state index contributed by atoms with van der Waals surface area (Å²) in [5, 5.41) is 4.12. The van der Waals surface area contributed by atoms with Crippen molar-refractivity contribution in [3.8, 4) is 0 Å². The molecule has 0 aromatic rings. The normalized spacial score (nSPS) is 39.7. The van der Waals surface area contributed by atoms with Gasteiger partial charge in [-0.25, -0.2) is 0 Å². The summed E-state index contributed by atoms with van der Waals surface area (Å²) in [6, 6.07) is 3.25. The lowest BCUT2D eigenvalue weighted by Gasteiger charge is -2.43. The van der Waals surface area contributed by atoms with E-state index in [4.69, 9.17) is 0 Å². The van der Waals surface area contributed by atoms with Crippen LogP contribution in [-0.2, 0) is 0 Å². The SMILES string of the molecule is CN1C2CCCCCCCC(C2)NC2CCCCCCC1C2. The monoisotopic (exact) mass is 306 g/mol. The van der Waals surface area contributed by atoms with Gasteiger partial charge < -0.3 is 10.2 Å². The number of rotatable bonds is 0. The molecule has 0 radical (unpaired) electrons. The molecule has 0 spiro atoms. The number of nitrogens with one attached hydrogen (secondary N) is 1. The first-order valence-electron chi connectivity index (χ1n) is 10.3. The molecule has 4 bridgehead atoms. The first-order valence-corrected chi connectivity index (χ1v) is 10.3. The fourth-order valence-corrected chi connectivity index (χ4v) is 5.23. The van der Waals surface area contributed by atoms with Gasteiger partial charge in [0.05, 0.1) is 0 Å². The molecule has 2 nitrogen and oxygen atoms in total. The summed E-state index contributed by atoms with van der Waals surface area (Å²) in [6.07, 6.45) is 21.7. The zero-order valence-electron chi connectivity index (χ0n) is 14.9. The molecule has 3 aliphatic rings. The van der Waals surface area contributed by atoms with Gasteiger partial charge in [-0.15, -0.1) is 0 Å². The molecule has 1 N–H and O–H groups in total. The van der Waals surface area contributed by atoms with Crippen molar-refractivity contribution in [3.63, 3.8) is 0 Å². The second kappa shape index (κ2) is 8.68. The Hall–Kier alpha value is -0.0800. The van der Waals surface area contributed by atoms with Crippen molar-refractivity contribution in [2.75, 3.05) is 7.05 Å². The Labute approximate surface area is 138 Å². The molecule has 0 amide bonds. The third kappa shape index (κ3) is 4.71. The highest BCUT2D eigenvalue weighted by Crippen LogP contribution is 2.29. The van der Waals surface area contributed by atoms with Crippen molar-refractivity contribution in [3.05, 3.63) is 0 Å². The summed E-state index contributed by atoms with van der Waals surface area (Å²) < 4.78 is 0. The van der Waals surface area contributed by atoms with Crippen LogP contribution >= 0.6 is 0 Å². The topological polar surface area (TPSA) is 15.3 Å². The third-order valence-electron chi connectivity index (χ3n) is 6.67. The lowest BCUT2D eigenvalue weighted by atomic mass is 9.88. The van der Waals surface area contributed by atoms with Crippen molar-refractivity contribution in [2.45, 2.75) is 120 Å². The van der Waals surface area contributed by atoms with Crippen LogP contribution < -0.4 is 5.32 Å². The van der Waals surface area contributed by atoms with E-state index in [-0.39, 0.29) is 0 Å². The number of nitrogens with zero attached hydrogens (tertiary/aromatic N) is 1. The zero-order chi connectivity index (χ0) is 15.2. The molecule has 0 aromatic heterocycles. The predicted molar refractivity (Wildman–Crippen MR) is 95.3 cm³/mol. The van der Waals surface area contributed by atoms with Crippen molar-refractivity contribution in [1.29, 1.82) is 0 Å². The summed E-state index contributed by atoms with van der Waals surface area (Å²) in [6.45, 7) is 0. The fraction of sp³-hybridized carbons (Fsp3) is 1.00. The Morgan fingerprint density at radius 2 is 1.00 bits per heavy atom. The fourth-order valence-electron chi connectivity index (χ4n) is 5.23. The smallest absolute Gasteiger partial charge is 0.0110 e. The summed E-state index contributed by atoms with van der Waals surface area (Å²) in [4.78, 5) is 2.83. The van der Waals surface area contributed by atoms with Crippen LogP contribution in [0.15, 0.2) is 0 Å². The van der Waals surface area contributed by atoms with Crippen molar-refractivity contribution in [2.24, 2.45) is 0 Å². The molecule has 2 aliphatic carbocycles. The molecule has 3 fully saturated rings. The van der Waals surface area contributed by atoms with E-state index in [0.29, 0.717) is 0 Å². The maximum Gasteiger partial charge on any atom is 0.0110 e. The maximum absolute atomic E-state index is 4.12. The van der Waals surface area contributed by atoms with E-state index in [0.717, 1.165) is 24.2 Å². The van der Waals surface area contributed by atoms with Gasteiger partial charge in [-0.05, 0) is 45.6 Å². The quantitative estimate of drug-likeness (QED) is 0.686. The Kier molecular flexibility index (Phi) is 6.62.